The number of rotatable bonds is 3. The van der Waals surface area contributed by atoms with Crippen LogP contribution in [0.25, 0.3) is 11.0 Å². The molecule has 1 unspecified atom stereocenters. The van der Waals surface area contributed by atoms with E-state index in [9.17, 15) is 4.79 Å². The first-order chi connectivity index (χ1) is 11.8. The number of aromatic nitrogens is 4. The fraction of sp³-hybridized carbons (Fsp3) is 0.312. The first kappa shape index (κ1) is 14.9. The summed E-state index contributed by atoms with van der Waals surface area (Å²) in [5.74, 6) is 0.490. The Labute approximate surface area is 142 Å². The van der Waals surface area contributed by atoms with E-state index in [0.717, 1.165) is 42.1 Å². The molecule has 0 N–H and O–H groups in total. The second-order valence-electron chi connectivity index (χ2n) is 5.64. The largest absolute Gasteiger partial charge is 0.471 e. The summed E-state index contributed by atoms with van der Waals surface area (Å²) in [6.07, 6.45) is 6.52. The number of hydrogen-bond acceptors (Lipinski definition) is 7. The molecule has 1 aliphatic rings. The molecule has 7 nitrogen and oxygen atoms in total. The summed E-state index contributed by atoms with van der Waals surface area (Å²) in [6.45, 7) is 1.27. The SMILES string of the molecule is O=C(c1ccc2nsnc2c1)N1CCCC(Oc2cnccn2)C1. The molecule has 122 valence electrons. The lowest BCUT2D eigenvalue weighted by Crippen LogP contribution is -2.44. The van der Waals surface area contributed by atoms with Crippen molar-refractivity contribution in [2.75, 3.05) is 13.1 Å². The van der Waals surface area contributed by atoms with E-state index in [1.165, 1.54) is 0 Å². The third kappa shape index (κ3) is 3.05. The van der Waals surface area contributed by atoms with Gasteiger partial charge in [-0.3, -0.25) is 9.78 Å². The number of piperidine rings is 1. The number of amides is 1. The number of benzene rings is 1. The third-order valence-electron chi connectivity index (χ3n) is 3.99. The van der Waals surface area contributed by atoms with Gasteiger partial charge in [-0.1, -0.05) is 0 Å². The van der Waals surface area contributed by atoms with Crippen molar-refractivity contribution >= 4 is 28.7 Å². The second-order valence-corrected chi connectivity index (χ2v) is 6.17. The Bertz CT molecular complexity index is 854. The molecule has 3 aromatic rings. The zero-order chi connectivity index (χ0) is 16.4. The molecule has 3 heterocycles. The van der Waals surface area contributed by atoms with Gasteiger partial charge in [-0.15, -0.1) is 0 Å². The van der Waals surface area contributed by atoms with Crippen molar-refractivity contribution in [3.8, 4) is 5.88 Å². The Kier molecular flexibility index (Phi) is 4.04. The molecule has 0 bridgehead atoms. The summed E-state index contributed by atoms with van der Waals surface area (Å²) in [6, 6.07) is 5.44. The van der Waals surface area contributed by atoms with Gasteiger partial charge < -0.3 is 9.64 Å². The van der Waals surface area contributed by atoms with Crippen LogP contribution in [0.1, 0.15) is 23.2 Å². The predicted octanol–water partition coefficient (Wildman–Crippen LogP) is 2.16. The van der Waals surface area contributed by atoms with Gasteiger partial charge in [0.2, 0.25) is 5.88 Å². The quantitative estimate of drug-likeness (QED) is 0.726. The van der Waals surface area contributed by atoms with Crippen LogP contribution in [0.3, 0.4) is 0 Å². The Morgan fingerprint density at radius 2 is 2.17 bits per heavy atom. The van der Waals surface area contributed by atoms with Gasteiger partial charge in [-0.25, -0.2) is 4.98 Å². The highest BCUT2D eigenvalue weighted by atomic mass is 32.1. The van der Waals surface area contributed by atoms with E-state index in [1.54, 1.807) is 30.7 Å². The van der Waals surface area contributed by atoms with Crippen LogP contribution in [0.5, 0.6) is 5.88 Å². The first-order valence-corrected chi connectivity index (χ1v) is 8.47. The highest BCUT2D eigenvalue weighted by molar-refractivity contribution is 7.00. The Morgan fingerprint density at radius 1 is 1.25 bits per heavy atom. The first-order valence-electron chi connectivity index (χ1n) is 7.74. The van der Waals surface area contributed by atoms with E-state index in [4.69, 9.17) is 4.74 Å². The summed E-state index contributed by atoms with van der Waals surface area (Å²) < 4.78 is 14.2. The van der Waals surface area contributed by atoms with Crippen molar-refractivity contribution in [1.82, 2.24) is 23.6 Å². The fourth-order valence-corrected chi connectivity index (χ4v) is 3.35. The van der Waals surface area contributed by atoms with E-state index in [-0.39, 0.29) is 12.0 Å². The standard InChI is InChI=1S/C16H15N5O2S/c22-16(11-3-4-13-14(8-11)20-24-19-13)21-7-1-2-12(10-21)23-15-9-17-5-6-18-15/h3-6,8-9,12H,1-2,7,10H2. The minimum Gasteiger partial charge on any atom is -0.471 e. The Hall–Kier alpha value is -2.61. The van der Waals surface area contributed by atoms with Gasteiger partial charge in [0.05, 0.1) is 24.5 Å². The molecule has 1 fully saturated rings. The van der Waals surface area contributed by atoms with Crippen molar-refractivity contribution in [2.45, 2.75) is 18.9 Å². The van der Waals surface area contributed by atoms with Crippen LogP contribution in [0.15, 0.2) is 36.8 Å². The van der Waals surface area contributed by atoms with Crippen LogP contribution in [0.4, 0.5) is 0 Å². The number of nitrogens with zero attached hydrogens (tertiary/aromatic N) is 5. The lowest BCUT2D eigenvalue weighted by Gasteiger charge is -2.32. The van der Waals surface area contributed by atoms with Crippen LogP contribution in [-0.2, 0) is 0 Å². The molecule has 0 radical (unpaired) electrons. The topological polar surface area (TPSA) is 81.1 Å². The van der Waals surface area contributed by atoms with Crippen molar-refractivity contribution < 1.29 is 9.53 Å². The molecule has 0 saturated carbocycles. The van der Waals surface area contributed by atoms with Crippen LogP contribution < -0.4 is 4.74 Å². The lowest BCUT2D eigenvalue weighted by molar-refractivity contribution is 0.0527. The molecule has 0 aliphatic carbocycles. The molecule has 1 atom stereocenters. The number of carbonyl (C=O) groups excluding carboxylic acids is 1. The normalized spacial score (nSPS) is 17.8. The molecule has 0 spiro atoms. The maximum absolute atomic E-state index is 12.8. The molecule has 2 aromatic heterocycles. The number of hydrogen-bond donors (Lipinski definition) is 0. The predicted molar refractivity (Wildman–Crippen MR) is 89.0 cm³/mol. The van der Waals surface area contributed by atoms with Gasteiger partial charge in [-0.05, 0) is 31.0 Å². The second kappa shape index (κ2) is 6.48. The minimum absolute atomic E-state index is 0.00246. The monoisotopic (exact) mass is 341 g/mol. The number of ether oxygens (including phenoxy) is 1. The molecular weight excluding hydrogens is 326 g/mol. The maximum atomic E-state index is 12.8. The molecule has 4 rings (SSSR count). The minimum atomic E-state index is -0.0657. The van der Waals surface area contributed by atoms with E-state index >= 15 is 0 Å². The molecule has 8 heteroatoms. The van der Waals surface area contributed by atoms with E-state index in [2.05, 4.69) is 18.7 Å². The van der Waals surface area contributed by atoms with Gasteiger partial charge in [0.1, 0.15) is 17.1 Å². The van der Waals surface area contributed by atoms with Crippen LogP contribution >= 0.6 is 11.7 Å². The zero-order valence-electron chi connectivity index (χ0n) is 12.8. The van der Waals surface area contributed by atoms with Gasteiger partial charge in [0, 0.05) is 24.5 Å². The molecule has 1 aliphatic heterocycles. The fourth-order valence-electron chi connectivity index (χ4n) is 2.83. The van der Waals surface area contributed by atoms with Gasteiger partial charge in [-0.2, -0.15) is 8.75 Å². The third-order valence-corrected chi connectivity index (χ3v) is 4.55. The summed E-state index contributed by atoms with van der Waals surface area (Å²) >= 11 is 1.15. The zero-order valence-corrected chi connectivity index (χ0v) is 13.6. The lowest BCUT2D eigenvalue weighted by atomic mass is 10.1. The smallest absolute Gasteiger partial charge is 0.254 e. The summed E-state index contributed by atoms with van der Waals surface area (Å²) in [5.41, 5.74) is 2.21. The van der Waals surface area contributed by atoms with Crippen molar-refractivity contribution in [2.24, 2.45) is 0 Å². The average Bonchev–Trinajstić information content (AvgIpc) is 3.10. The van der Waals surface area contributed by atoms with Crippen LogP contribution in [-0.4, -0.2) is 48.7 Å². The Balaban J connectivity index is 1.47. The van der Waals surface area contributed by atoms with E-state index < -0.39 is 0 Å². The molecule has 1 amide bonds. The number of fused-ring (bicyclic) bond motifs is 1. The van der Waals surface area contributed by atoms with Crippen LogP contribution in [0.2, 0.25) is 0 Å². The molecular formula is C16H15N5O2S. The number of likely N-dealkylation sites (tertiary alicyclic amines) is 1. The van der Waals surface area contributed by atoms with Gasteiger partial charge in [0.25, 0.3) is 5.91 Å². The van der Waals surface area contributed by atoms with Gasteiger partial charge in [0.15, 0.2) is 0 Å². The summed E-state index contributed by atoms with van der Waals surface area (Å²) in [5, 5.41) is 0. The summed E-state index contributed by atoms with van der Waals surface area (Å²) in [4.78, 5) is 22.7. The number of carbonyl (C=O) groups is 1. The molecule has 1 aromatic carbocycles. The molecule has 24 heavy (non-hydrogen) atoms. The highest BCUT2D eigenvalue weighted by Crippen LogP contribution is 2.20. The van der Waals surface area contributed by atoms with Crippen LogP contribution in [0, 0.1) is 0 Å². The van der Waals surface area contributed by atoms with Crippen molar-refractivity contribution in [3.05, 3.63) is 42.4 Å². The van der Waals surface area contributed by atoms with Gasteiger partial charge >= 0.3 is 0 Å². The highest BCUT2D eigenvalue weighted by Gasteiger charge is 2.26. The van der Waals surface area contributed by atoms with Crippen molar-refractivity contribution in [1.29, 1.82) is 0 Å². The maximum Gasteiger partial charge on any atom is 0.254 e. The molecule has 1 saturated heterocycles. The average molecular weight is 341 g/mol. The summed E-state index contributed by atoms with van der Waals surface area (Å²) in [7, 11) is 0. The Morgan fingerprint density at radius 3 is 3.04 bits per heavy atom. The van der Waals surface area contributed by atoms with E-state index in [0.29, 0.717) is 18.0 Å². The van der Waals surface area contributed by atoms with E-state index in [1.807, 2.05) is 11.0 Å². The van der Waals surface area contributed by atoms with Crippen molar-refractivity contribution in [3.63, 3.8) is 0 Å².